The lowest BCUT2D eigenvalue weighted by Gasteiger charge is -2.02. The Bertz CT molecular complexity index is 209. The molecule has 1 aromatic rings. The van der Waals surface area contributed by atoms with Crippen LogP contribution in [0, 0.1) is 6.92 Å². The number of rotatable bonds is 2. The summed E-state index contributed by atoms with van der Waals surface area (Å²) in [6.07, 6.45) is 0.692. The second-order valence-electron chi connectivity index (χ2n) is 1.97. The monoisotopic (exact) mass is 157 g/mol. The lowest BCUT2D eigenvalue weighted by molar-refractivity contribution is 0.671. The first kappa shape index (κ1) is 7.53. The van der Waals surface area contributed by atoms with E-state index in [1.165, 1.54) is 0 Å². The third kappa shape index (κ3) is 1.29. The van der Waals surface area contributed by atoms with Gasteiger partial charge in [0.15, 0.2) is 5.82 Å². The maximum Gasteiger partial charge on any atom is 0.163 e. The van der Waals surface area contributed by atoms with Crippen LogP contribution in [0.25, 0.3) is 0 Å². The quantitative estimate of drug-likeness (QED) is 0.632. The highest BCUT2D eigenvalue weighted by atomic mass is 32.1. The standard InChI is InChI=1S/C5H9N4S/c1-3-4(10)5-6-7-8-9(5)2/h4,10H,1,3H2,2H3. The molecule has 0 aliphatic rings. The predicted octanol–water partition coefficient (Wildman–Crippen LogP) is 0.405. The minimum absolute atomic E-state index is 0.0417. The van der Waals surface area contributed by atoms with Gasteiger partial charge in [-0.3, -0.25) is 0 Å². The van der Waals surface area contributed by atoms with Gasteiger partial charge in [0, 0.05) is 7.05 Å². The zero-order valence-electron chi connectivity index (χ0n) is 5.73. The first-order chi connectivity index (χ1) is 4.75. The normalized spacial score (nSPS) is 13.5. The summed E-state index contributed by atoms with van der Waals surface area (Å²) in [6.45, 7) is 3.70. The molecule has 0 N–H and O–H groups in total. The van der Waals surface area contributed by atoms with E-state index in [0.29, 0.717) is 6.42 Å². The molecule has 0 saturated heterocycles. The van der Waals surface area contributed by atoms with Crippen molar-refractivity contribution < 1.29 is 0 Å². The Balaban J connectivity index is 2.82. The lowest BCUT2D eigenvalue weighted by Crippen LogP contribution is -2.01. The van der Waals surface area contributed by atoms with Crippen molar-refractivity contribution in [2.24, 2.45) is 7.05 Å². The summed E-state index contributed by atoms with van der Waals surface area (Å²) < 4.78 is 1.60. The Morgan fingerprint density at radius 3 is 2.90 bits per heavy atom. The van der Waals surface area contributed by atoms with Crippen LogP contribution in [0.5, 0.6) is 0 Å². The molecule has 0 aromatic carbocycles. The maximum atomic E-state index is 4.23. The predicted molar refractivity (Wildman–Crippen MR) is 40.5 cm³/mol. The van der Waals surface area contributed by atoms with E-state index in [9.17, 15) is 0 Å². The SMILES string of the molecule is [CH2]CC(S)c1nnnn1C. The highest BCUT2D eigenvalue weighted by molar-refractivity contribution is 7.80. The van der Waals surface area contributed by atoms with E-state index in [1.807, 2.05) is 0 Å². The van der Waals surface area contributed by atoms with Crippen molar-refractivity contribution in [2.75, 3.05) is 0 Å². The Kier molecular flexibility index (Phi) is 2.26. The zero-order chi connectivity index (χ0) is 7.56. The minimum Gasteiger partial charge on any atom is -0.232 e. The Labute approximate surface area is 65.0 Å². The van der Waals surface area contributed by atoms with Gasteiger partial charge in [0.05, 0.1) is 5.25 Å². The molecule has 1 heterocycles. The summed E-state index contributed by atoms with van der Waals surface area (Å²) in [7, 11) is 1.79. The van der Waals surface area contributed by atoms with E-state index in [1.54, 1.807) is 11.7 Å². The molecule has 1 aromatic heterocycles. The molecule has 1 unspecified atom stereocenters. The highest BCUT2D eigenvalue weighted by Gasteiger charge is 2.09. The van der Waals surface area contributed by atoms with Gasteiger partial charge in [0.25, 0.3) is 0 Å². The van der Waals surface area contributed by atoms with Crippen LogP contribution in [0.1, 0.15) is 17.5 Å². The Hall–Kier alpha value is -0.580. The van der Waals surface area contributed by atoms with Crippen molar-refractivity contribution in [3.63, 3.8) is 0 Å². The number of hydrogen-bond acceptors (Lipinski definition) is 4. The second kappa shape index (κ2) is 3.01. The Morgan fingerprint density at radius 2 is 2.50 bits per heavy atom. The molecule has 55 valence electrons. The van der Waals surface area contributed by atoms with Gasteiger partial charge < -0.3 is 0 Å². The fourth-order valence-corrected chi connectivity index (χ4v) is 0.867. The fourth-order valence-electron chi connectivity index (χ4n) is 0.648. The number of hydrogen-bond donors (Lipinski definition) is 1. The zero-order valence-corrected chi connectivity index (χ0v) is 6.62. The molecule has 10 heavy (non-hydrogen) atoms. The van der Waals surface area contributed by atoms with E-state index < -0.39 is 0 Å². The van der Waals surface area contributed by atoms with Gasteiger partial charge in [-0.25, -0.2) is 4.68 Å². The van der Waals surface area contributed by atoms with Gasteiger partial charge in [0.1, 0.15) is 0 Å². The van der Waals surface area contributed by atoms with Crippen molar-refractivity contribution in [3.05, 3.63) is 12.7 Å². The van der Waals surface area contributed by atoms with Crippen molar-refractivity contribution >= 4 is 12.6 Å². The molecule has 0 aliphatic carbocycles. The second-order valence-corrected chi connectivity index (χ2v) is 2.59. The number of tetrazole rings is 1. The topological polar surface area (TPSA) is 43.6 Å². The van der Waals surface area contributed by atoms with Gasteiger partial charge >= 0.3 is 0 Å². The molecular weight excluding hydrogens is 148 g/mol. The molecular formula is C5H9N4S. The highest BCUT2D eigenvalue weighted by Crippen LogP contribution is 2.18. The molecule has 4 nitrogen and oxygen atoms in total. The van der Waals surface area contributed by atoms with Crippen molar-refractivity contribution in [3.8, 4) is 0 Å². The van der Waals surface area contributed by atoms with E-state index in [2.05, 4.69) is 35.1 Å². The number of aromatic nitrogens is 4. The maximum absolute atomic E-state index is 4.23. The molecule has 1 rings (SSSR count). The molecule has 5 heteroatoms. The van der Waals surface area contributed by atoms with Crippen LogP contribution in [0.2, 0.25) is 0 Å². The van der Waals surface area contributed by atoms with Crippen molar-refractivity contribution in [2.45, 2.75) is 11.7 Å². The third-order valence-electron chi connectivity index (χ3n) is 1.22. The van der Waals surface area contributed by atoms with Gasteiger partial charge in [-0.15, -0.1) is 5.10 Å². The van der Waals surface area contributed by atoms with Crippen molar-refractivity contribution in [1.82, 2.24) is 20.2 Å². The van der Waals surface area contributed by atoms with Crippen LogP contribution in [-0.4, -0.2) is 20.2 Å². The van der Waals surface area contributed by atoms with Crippen LogP contribution in [0.15, 0.2) is 0 Å². The van der Waals surface area contributed by atoms with Gasteiger partial charge in [-0.1, -0.05) is 6.92 Å². The molecule has 1 atom stereocenters. The summed E-state index contributed by atoms with van der Waals surface area (Å²) in [5.74, 6) is 0.762. The van der Waals surface area contributed by atoms with Crippen molar-refractivity contribution in [1.29, 1.82) is 0 Å². The first-order valence-corrected chi connectivity index (χ1v) is 3.47. The fraction of sp³-hybridized carbons (Fsp3) is 0.600. The summed E-state index contributed by atoms with van der Waals surface area (Å²) in [4.78, 5) is 0. The largest absolute Gasteiger partial charge is 0.232 e. The molecule has 1 radical (unpaired) electrons. The molecule has 0 saturated carbocycles. The number of aryl methyl sites for hydroxylation is 1. The average molecular weight is 157 g/mol. The van der Waals surface area contributed by atoms with Crippen LogP contribution >= 0.6 is 12.6 Å². The lowest BCUT2D eigenvalue weighted by atomic mass is 10.3. The van der Waals surface area contributed by atoms with E-state index in [-0.39, 0.29) is 5.25 Å². The summed E-state index contributed by atoms with van der Waals surface area (Å²) in [5, 5.41) is 11.0. The molecule has 0 fully saturated rings. The van der Waals surface area contributed by atoms with Crippen LogP contribution in [0.3, 0.4) is 0 Å². The third-order valence-corrected chi connectivity index (χ3v) is 1.71. The summed E-state index contributed by atoms with van der Waals surface area (Å²) >= 11 is 4.23. The van der Waals surface area contributed by atoms with E-state index in [0.717, 1.165) is 5.82 Å². The first-order valence-electron chi connectivity index (χ1n) is 2.95. The van der Waals surface area contributed by atoms with Gasteiger partial charge in [-0.2, -0.15) is 12.6 Å². The van der Waals surface area contributed by atoms with E-state index in [4.69, 9.17) is 0 Å². The van der Waals surface area contributed by atoms with Gasteiger partial charge in [-0.05, 0) is 16.8 Å². The van der Waals surface area contributed by atoms with Crippen LogP contribution in [0.4, 0.5) is 0 Å². The molecule has 0 amide bonds. The smallest absolute Gasteiger partial charge is 0.163 e. The summed E-state index contributed by atoms with van der Waals surface area (Å²) in [5.41, 5.74) is 0. The Morgan fingerprint density at radius 1 is 1.80 bits per heavy atom. The summed E-state index contributed by atoms with van der Waals surface area (Å²) in [6, 6.07) is 0. The van der Waals surface area contributed by atoms with E-state index >= 15 is 0 Å². The van der Waals surface area contributed by atoms with Crippen LogP contribution in [-0.2, 0) is 7.05 Å². The average Bonchev–Trinajstić information content (AvgIpc) is 2.34. The number of thiol groups is 1. The number of nitrogens with zero attached hydrogens (tertiary/aromatic N) is 4. The molecule has 0 aliphatic heterocycles. The molecule has 0 spiro atoms. The van der Waals surface area contributed by atoms with Gasteiger partial charge in [0.2, 0.25) is 0 Å². The van der Waals surface area contributed by atoms with Crippen LogP contribution < -0.4 is 0 Å². The minimum atomic E-state index is 0.0417. The molecule has 0 bridgehead atoms.